The summed E-state index contributed by atoms with van der Waals surface area (Å²) in [6.45, 7) is 2.05. The van der Waals surface area contributed by atoms with E-state index in [1.807, 2.05) is 6.92 Å². The number of hydrogen-bond donors (Lipinski definition) is 2. The van der Waals surface area contributed by atoms with Gasteiger partial charge < -0.3 is 13.1 Å². The summed E-state index contributed by atoms with van der Waals surface area (Å²) in [6.07, 6.45) is 3.92. The van der Waals surface area contributed by atoms with Gasteiger partial charge in [-0.15, -0.1) is 0 Å². The summed E-state index contributed by atoms with van der Waals surface area (Å²) in [5, 5.41) is 17.0. The largest absolute Gasteiger partial charge is 2.00 e. The predicted molar refractivity (Wildman–Crippen MR) is 55.5 cm³/mol. The fraction of sp³-hybridized carbons (Fsp3) is 0.778. The zero-order valence-corrected chi connectivity index (χ0v) is 10.7. The number of rotatable bonds is 7. The zero-order valence-electron chi connectivity index (χ0n) is 10.5. The molecule has 0 rings (SSSR count). The van der Waals surface area contributed by atoms with E-state index in [1.54, 1.807) is 0 Å². The van der Waals surface area contributed by atoms with Crippen LogP contribution in [0.15, 0.2) is 0 Å². The molecule has 0 aromatic rings. The molecule has 0 aliphatic rings. The maximum Gasteiger partial charge on any atom is 2.00 e. The Morgan fingerprint density at radius 1 is 1.14 bits per heavy atom. The van der Waals surface area contributed by atoms with Crippen molar-refractivity contribution < 1.29 is 22.7 Å². The van der Waals surface area contributed by atoms with Crippen molar-refractivity contribution in [1.29, 1.82) is 0 Å². The van der Waals surface area contributed by atoms with E-state index in [9.17, 15) is 9.59 Å². The molecule has 0 saturated carbocycles. The van der Waals surface area contributed by atoms with Crippen LogP contribution in [0.5, 0.6) is 0 Å². The normalized spacial score (nSPS) is 9.57. The van der Waals surface area contributed by atoms with Crippen LogP contribution in [0, 0.1) is 5.92 Å². The maximum atomic E-state index is 10.4. The Labute approximate surface area is 117 Å². The molecule has 0 bridgehead atoms. The van der Waals surface area contributed by atoms with Gasteiger partial charge in [-0.3, -0.25) is 9.59 Å². The van der Waals surface area contributed by atoms with Crippen LogP contribution < -0.4 is 0 Å². The van der Waals surface area contributed by atoms with Crippen molar-refractivity contribution in [2.45, 2.75) is 39.0 Å². The third-order valence-corrected chi connectivity index (χ3v) is 1.94. The van der Waals surface area contributed by atoms with Crippen LogP contribution in [0.25, 0.3) is 0 Å². The molecule has 0 fully saturated rings. The molecule has 80 valence electrons. The molecule has 0 aliphatic carbocycles. The van der Waals surface area contributed by atoms with Crippen molar-refractivity contribution in [2.24, 2.45) is 5.92 Å². The fourth-order valence-corrected chi connectivity index (χ4v) is 1.13. The minimum Gasteiger partial charge on any atom is -1.00 e. The molecule has 4 nitrogen and oxygen atoms in total. The van der Waals surface area contributed by atoms with Crippen LogP contribution in [-0.2, 0) is 9.59 Å². The van der Waals surface area contributed by atoms with Crippen molar-refractivity contribution >= 4 is 49.7 Å². The van der Waals surface area contributed by atoms with Gasteiger partial charge in [0.2, 0.25) is 0 Å². The smallest absolute Gasteiger partial charge is 1.00 e. The zero-order chi connectivity index (χ0) is 10.3. The average molecular weight is 230 g/mol. The maximum absolute atomic E-state index is 10.4. The molecule has 0 unspecified atom stereocenters. The summed E-state index contributed by atoms with van der Waals surface area (Å²) in [7, 11) is 0. The molecule has 0 amide bonds. The van der Waals surface area contributed by atoms with E-state index in [2.05, 4.69) is 0 Å². The third kappa shape index (κ3) is 7.59. The Kier molecular flexibility index (Phi) is 11.6. The average Bonchev–Trinajstić information content (AvgIpc) is 2.02. The number of carbonyl (C=O) groups is 2. The summed E-state index contributed by atoms with van der Waals surface area (Å²) < 4.78 is 0. The number of carboxylic acids is 2. The summed E-state index contributed by atoms with van der Waals surface area (Å²) in [4.78, 5) is 20.8. The molecule has 0 aromatic heterocycles. The second kappa shape index (κ2) is 9.74. The van der Waals surface area contributed by atoms with E-state index in [-0.39, 0.29) is 47.0 Å². The minimum atomic E-state index is -1.23. The SMILES string of the molecule is CCCCCCC(C(=O)O)C(=O)O.[Ca+2].[H-].[H-]. The van der Waals surface area contributed by atoms with Crippen molar-refractivity contribution in [3.05, 3.63) is 0 Å². The van der Waals surface area contributed by atoms with E-state index in [1.165, 1.54) is 0 Å². The molecule has 2 N–H and O–H groups in total. The van der Waals surface area contributed by atoms with Gasteiger partial charge in [0, 0.05) is 0 Å². The van der Waals surface area contributed by atoms with Crippen LogP contribution >= 0.6 is 0 Å². The Hall–Kier alpha value is 0.200. The van der Waals surface area contributed by atoms with Gasteiger partial charge in [0.1, 0.15) is 0 Å². The first-order valence-corrected chi connectivity index (χ1v) is 4.55. The van der Waals surface area contributed by atoms with E-state index in [0.717, 1.165) is 19.3 Å². The second-order valence-corrected chi connectivity index (χ2v) is 3.08. The Morgan fingerprint density at radius 2 is 1.64 bits per heavy atom. The van der Waals surface area contributed by atoms with Crippen LogP contribution in [0.4, 0.5) is 0 Å². The standard InChI is InChI=1S/C9H16O4.Ca.2H/c1-2-3-4-5-6-7(8(10)11)9(12)13;;;/h7H,2-6H2,1H3,(H,10,11)(H,12,13);;;/q;+2;2*-1. The van der Waals surface area contributed by atoms with Crippen LogP contribution in [0.3, 0.4) is 0 Å². The monoisotopic (exact) mass is 230 g/mol. The van der Waals surface area contributed by atoms with E-state index in [4.69, 9.17) is 10.2 Å². The number of hydrogen-bond acceptors (Lipinski definition) is 2. The van der Waals surface area contributed by atoms with E-state index < -0.39 is 17.9 Å². The number of carboxylic acid groups (broad SMARTS) is 2. The van der Waals surface area contributed by atoms with E-state index in [0.29, 0.717) is 6.42 Å². The van der Waals surface area contributed by atoms with Gasteiger partial charge >= 0.3 is 49.7 Å². The van der Waals surface area contributed by atoms with Gasteiger partial charge in [-0.05, 0) is 6.42 Å². The van der Waals surface area contributed by atoms with Crippen molar-refractivity contribution in [1.82, 2.24) is 0 Å². The first-order chi connectivity index (χ1) is 6.09. The second-order valence-electron chi connectivity index (χ2n) is 3.08. The van der Waals surface area contributed by atoms with Gasteiger partial charge in [-0.1, -0.05) is 32.6 Å². The molecule has 14 heavy (non-hydrogen) atoms. The summed E-state index contributed by atoms with van der Waals surface area (Å²) in [6, 6.07) is 0. The van der Waals surface area contributed by atoms with Crippen molar-refractivity contribution in [2.75, 3.05) is 0 Å². The van der Waals surface area contributed by atoms with E-state index >= 15 is 0 Å². The van der Waals surface area contributed by atoms with Crippen molar-refractivity contribution in [3.63, 3.8) is 0 Å². The molecular formula is C9H18CaO4. The molecule has 0 spiro atoms. The van der Waals surface area contributed by atoms with Gasteiger partial charge in [0.15, 0.2) is 5.92 Å². The summed E-state index contributed by atoms with van der Waals surface area (Å²) in [5.74, 6) is -3.69. The molecule has 0 heterocycles. The number of aliphatic carboxylic acids is 2. The first kappa shape index (κ1) is 16.6. The van der Waals surface area contributed by atoms with Gasteiger partial charge in [-0.25, -0.2) is 0 Å². The quantitative estimate of drug-likeness (QED) is 0.395. The molecule has 0 aliphatic heterocycles. The molecule has 0 atom stereocenters. The third-order valence-electron chi connectivity index (χ3n) is 1.94. The van der Waals surface area contributed by atoms with Crippen LogP contribution in [0.2, 0.25) is 0 Å². The first-order valence-electron chi connectivity index (χ1n) is 4.55. The Morgan fingerprint density at radius 3 is 2.00 bits per heavy atom. The van der Waals surface area contributed by atoms with Gasteiger partial charge in [-0.2, -0.15) is 0 Å². The molecule has 0 saturated heterocycles. The molecule has 5 heteroatoms. The topological polar surface area (TPSA) is 74.6 Å². The Balaban J connectivity index is -0.000000240. The van der Waals surface area contributed by atoms with Gasteiger partial charge in [0.05, 0.1) is 0 Å². The molecule has 0 aromatic carbocycles. The molecular weight excluding hydrogens is 212 g/mol. The van der Waals surface area contributed by atoms with Crippen molar-refractivity contribution in [3.8, 4) is 0 Å². The number of unbranched alkanes of at least 4 members (excludes halogenated alkanes) is 3. The summed E-state index contributed by atoms with van der Waals surface area (Å²) in [5.41, 5.74) is 0. The molecule has 0 radical (unpaired) electrons. The predicted octanol–water partition coefficient (Wildman–Crippen LogP) is 1.59. The fourth-order valence-electron chi connectivity index (χ4n) is 1.13. The van der Waals surface area contributed by atoms with Gasteiger partial charge in [0.25, 0.3) is 0 Å². The van der Waals surface area contributed by atoms with Crippen LogP contribution in [-0.4, -0.2) is 59.9 Å². The van der Waals surface area contributed by atoms with Crippen LogP contribution in [0.1, 0.15) is 41.9 Å². The summed E-state index contributed by atoms with van der Waals surface area (Å²) >= 11 is 0. The minimum absolute atomic E-state index is 0. The Bertz CT molecular complexity index is 176.